The van der Waals surface area contributed by atoms with Crippen molar-refractivity contribution in [1.82, 2.24) is 0 Å². The summed E-state index contributed by atoms with van der Waals surface area (Å²) in [7, 11) is 1.35. The Kier molecular flexibility index (Phi) is 4.45. The maximum Gasteiger partial charge on any atom is 0.303 e. The van der Waals surface area contributed by atoms with Crippen LogP contribution in [0.1, 0.15) is 25.0 Å². The topological polar surface area (TPSA) is 66.8 Å². The summed E-state index contributed by atoms with van der Waals surface area (Å²) in [6, 6.07) is 4.08. The molecule has 2 N–H and O–H groups in total. The van der Waals surface area contributed by atoms with E-state index in [0.717, 1.165) is 6.07 Å². The zero-order valence-electron chi connectivity index (χ0n) is 9.68. The molecule has 0 aliphatic rings. The van der Waals surface area contributed by atoms with Crippen molar-refractivity contribution < 1.29 is 24.1 Å². The predicted octanol–water partition coefficient (Wildman–Crippen LogP) is 1.98. The summed E-state index contributed by atoms with van der Waals surface area (Å²) in [5.41, 5.74) is 0.344. The second-order valence-corrected chi connectivity index (χ2v) is 3.91. The van der Waals surface area contributed by atoms with E-state index < -0.39 is 23.8 Å². The van der Waals surface area contributed by atoms with Crippen molar-refractivity contribution in [1.29, 1.82) is 0 Å². The lowest BCUT2D eigenvalue weighted by Crippen LogP contribution is -2.13. The highest BCUT2D eigenvalue weighted by atomic mass is 19.1. The van der Waals surface area contributed by atoms with Gasteiger partial charge in [-0.3, -0.25) is 4.79 Å². The van der Waals surface area contributed by atoms with E-state index in [0.29, 0.717) is 5.56 Å². The quantitative estimate of drug-likeness (QED) is 0.828. The fourth-order valence-electron chi connectivity index (χ4n) is 1.58. The first-order valence-corrected chi connectivity index (χ1v) is 5.19. The molecule has 2 unspecified atom stereocenters. The number of ether oxygens (including phenoxy) is 1. The second kappa shape index (κ2) is 5.63. The summed E-state index contributed by atoms with van der Waals surface area (Å²) < 4.78 is 18.1. The zero-order valence-corrected chi connectivity index (χ0v) is 9.68. The van der Waals surface area contributed by atoms with Crippen LogP contribution in [0.3, 0.4) is 0 Å². The Bertz CT molecular complexity index is 405. The number of hydrogen-bond donors (Lipinski definition) is 2. The highest BCUT2D eigenvalue weighted by molar-refractivity contribution is 5.67. The van der Waals surface area contributed by atoms with E-state index >= 15 is 0 Å². The Labute approximate surface area is 98.7 Å². The summed E-state index contributed by atoms with van der Waals surface area (Å²) in [6.07, 6.45) is -1.18. The average molecular weight is 242 g/mol. The number of aliphatic carboxylic acids is 1. The Hall–Kier alpha value is -1.62. The van der Waals surface area contributed by atoms with Gasteiger partial charge in [0, 0.05) is 0 Å². The van der Waals surface area contributed by atoms with Gasteiger partial charge in [0.1, 0.15) is 0 Å². The normalized spacial score (nSPS) is 14.1. The number of halogens is 1. The van der Waals surface area contributed by atoms with Crippen LogP contribution in [0.15, 0.2) is 18.2 Å². The Morgan fingerprint density at radius 2 is 2.18 bits per heavy atom. The van der Waals surface area contributed by atoms with Crippen molar-refractivity contribution >= 4 is 5.97 Å². The van der Waals surface area contributed by atoms with Gasteiger partial charge < -0.3 is 14.9 Å². The van der Waals surface area contributed by atoms with Gasteiger partial charge in [0.25, 0.3) is 0 Å². The van der Waals surface area contributed by atoms with Gasteiger partial charge in [0.2, 0.25) is 0 Å². The maximum absolute atomic E-state index is 13.4. The van der Waals surface area contributed by atoms with Crippen LogP contribution < -0.4 is 4.74 Å². The number of methoxy groups -OCH3 is 1. The molecule has 17 heavy (non-hydrogen) atoms. The van der Waals surface area contributed by atoms with Crippen molar-refractivity contribution in [3.8, 4) is 5.75 Å². The van der Waals surface area contributed by atoms with Crippen LogP contribution in [-0.2, 0) is 4.79 Å². The van der Waals surface area contributed by atoms with Crippen LogP contribution in [0.2, 0.25) is 0 Å². The lowest BCUT2D eigenvalue weighted by Gasteiger charge is -2.17. The largest absolute Gasteiger partial charge is 0.494 e. The van der Waals surface area contributed by atoms with Gasteiger partial charge in [-0.25, -0.2) is 4.39 Å². The third kappa shape index (κ3) is 3.42. The molecule has 0 saturated heterocycles. The second-order valence-electron chi connectivity index (χ2n) is 3.91. The number of benzene rings is 1. The van der Waals surface area contributed by atoms with Crippen molar-refractivity contribution in [3.63, 3.8) is 0 Å². The lowest BCUT2D eigenvalue weighted by atomic mass is 9.94. The lowest BCUT2D eigenvalue weighted by molar-refractivity contribution is -0.139. The Balaban J connectivity index is 2.85. The molecule has 5 heteroatoms. The molecule has 1 aromatic rings. The molecule has 0 aliphatic heterocycles. The molecular formula is C12H15FO4. The highest BCUT2D eigenvalue weighted by Crippen LogP contribution is 2.27. The molecule has 0 heterocycles. The van der Waals surface area contributed by atoms with Gasteiger partial charge in [0.15, 0.2) is 11.6 Å². The van der Waals surface area contributed by atoms with Crippen molar-refractivity contribution in [2.45, 2.75) is 19.4 Å². The van der Waals surface area contributed by atoms with Crippen molar-refractivity contribution in [2.75, 3.05) is 7.11 Å². The first kappa shape index (κ1) is 13.4. The molecule has 4 nitrogen and oxygen atoms in total. The molecule has 0 fully saturated rings. The number of carboxylic acid groups (broad SMARTS) is 1. The summed E-state index contributed by atoms with van der Waals surface area (Å²) in [5, 5.41) is 18.5. The van der Waals surface area contributed by atoms with E-state index in [-0.39, 0.29) is 12.2 Å². The molecule has 1 rings (SSSR count). The molecule has 0 aliphatic carbocycles. The Morgan fingerprint density at radius 3 is 2.65 bits per heavy atom. The van der Waals surface area contributed by atoms with E-state index in [4.69, 9.17) is 9.84 Å². The van der Waals surface area contributed by atoms with E-state index in [1.54, 1.807) is 6.92 Å². The molecular weight excluding hydrogens is 227 g/mol. The minimum absolute atomic E-state index is 0.0897. The van der Waals surface area contributed by atoms with Crippen LogP contribution in [0, 0.1) is 11.7 Å². The molecule has 2 atom stereocenters. The average Bonchev–Trinajstić information content (AvgIpc) is 2.27. The summed E-state index contributed by atoms with van der Waals surface area (Å²) in [6.45, 7) is 1.60. The van der Waals surface area contributed by atoms with Gasteiger partial charge >= 0.3 is 5.97 Å². The van der Waals surface area contributed by atoms with Gasteiger partial charge in [-0.1, -0.05) is 13.0 Å². The van der Waals surface area contributed by atoms with E-state index in [2.05, 4.69) is 0 Å². The summed E-state index contributed by atoms with van der Waals surface area (Å²) in [4.78, 5) is 10.5. The fraction of sp³-hybridized carbons (Fsp3) is 0.417. The monoisotopic (exact) mass is 242 g/mol. The van der Waals surface area contributed by atoms with Crippen LogP contribution in [0.25, 0.3) is 0 Å². The molecule has 0 radical (unpaired) electrons. The van der Waals surface area contributed by atoms with Gasteiger partial charge in [-0.2, -0.15) is 0 Å². The number of hydrogen-bond acceptors (Lipinski definition) is 3. The van der Waals surface area contributed by atoms with Crippen molar-refractivity contribution in [3.05, 3.63) is 29.6 Å². The molecule has 0 spiro atoms. The minimum atomic E-state index is -1.01. The number of aliphatic hydroxyl groups excluding tert-OH is 1. The van der Waals surface area contributed by atoms with Crippen LogP contribution >= 0.6 is 0 Å². The molecule has 94 valence electrons. The van der Waals surface area contributed by atoms with Crippen LogP contribution in [0.4, 0.5) is 4.39 Å². The van der Waals surface area contributed by atoms with Gasteiger partial charge in [-0.15, -0.1) is 0 Å². The highest BCUT2D eigenvalue weighted by Gasteiger charge is 2.20. The predicted molar refractivity (Wildman–Crippen MR) is 59.3 cm³/mol. The molecule has 0 amide bonds. The first-order chi connectivity index (χ1) is 7.95. The molecule has 0 bridgehead atoms. The van der Waals surface area contributed by atoms with E-state index in [1.165, 1.54) is 19.2 Å². The standard InChI is InChI=1S/C12H15FO4/c1-7(5-11(14)15)12(16)8-3-4-10(17-2)9(13)6-8/h3-4,6-7,12,16H,5H2,1-2H3,(H,14,15). The van der Waals surface area contributed by atoms with Crippen LogP contribution in [0.5, 0.6) is 5.75 Å². The number of aliphatic hydroxyl groups is 1. The van der Waals surface area contributed by atoms with E-state index in [9.17, 15) is 14.3 Å². The number of carboxylic acids is 1. The number of rotatable bonds is 5. The minimum Gasteiger partial charge on any atom is -0.494 e. The van der Waals surface area contributed by atoms with E-state index in [1.807, 2.05) is 0 Å². The third-order valence-electron chi connectivity index (χ3n) is 2.55. The summed E-state index contributed by atoms with van der Waals surface area (Å²) >= 11 is 0. The number of carbonyl (C=O) groups is 1. The SMILES string of the molecule is COc1ccc(C(O)C(C)CC(=O)O)cc1F. The molecule has 0 aromatic heterocycles. The Morgan fingerprint density at radius 1 is 1.53 bits per heavy atom. The zero-order chi connectivity index (χ0) is 13.0. The summed E-state index contributed by atoms with van der Waals surface area (Å²) in [5.74, 6) is -1.97. The molecule has 0 saturated carbocycles. The third-order valence-corrected chi connectivity index (χ3v) is 2.55. The fourth-order valence-corrected chi connectivity index (χ4v) is 1.58. The smallest absolute Gasteiger partial charge is 0.303 e. The van der Waals surface area contributed by atoms with Crippen molar-refractivity contribution in [2.24, 2.45) is 5.92 Å². The van der Waals surface area contributed by atoms with Crippen LogP contribution in [-0.4, -0.2) is 23.3 Å². The first-order valence-electron chi connectivity index (χ1n) is 5.19. The van der Waals surface area contributed by atoms with Gasteiger partial charge in [-0.05, 0) is 23.6 Å². The molecule has 1 aromatic carbocycles. The maximum atomic E-state index is 13.4. The van der Waals surface area contributed by atoms with Gasteiger partial charge in [0.05, 0.1) is 19.6 Å².